The number of hydrogen-bond donors (Lipinski definition) is 2. The van der Waals surface area contributed by atoms with Gasteiger partial charge in [-0.05, 0) is 24.6 Å². The zero-order valence-corrected chi connectivity index (χ0v) is 13.4. The lowest BCUT2D eigenvalue weighted by Gasteiger charge is -2.25. The molecule has 0 saturated heterocycles. The van der Waals surface area contributed by atoms with Gasteiger partial charge in [0.15, 0.2) is 0 Å². The van der Waals surface area contributed by atoms with Crippen molar-refractivity contribution in [2.45, 2.75) is 19.3 Å². The fourth-order valence-electron chi connectivity index (χ4n) is 2.26. The van der Waals surface area contributed by atoms with Crippen molar-refractivity contribution in [3.63, 3.8) is 0 Å². The van der Waals surface area contributed by atoms with E-state index in [1.54, 1.807) is 19.1 Å². The van der Waals surface area contributed by atoms with Crippen LogP contribution >= 0.6 is 11.8 Å². The van der Waals surface area contributed by atoms with E-state index >= 15 is 0 Å². The molecule has 1 aromatic carbocycles. The fraction of sp³-hybridized carbons (Fsp3) is 0.312. The minimum atomic E-state index is -0.400. The van der Waals surface area contributed by atoms with Crippen LogP contribution in [0.5, 0.6) is 5.75 Å². The number of phenols is 1. The first kappa shape index (κ1) is 16.9. The molecule has 0 spiro atoms. The van der Waals surface area contributed by atoms with Crippen molar-refractivity contribution in [2.24, 2.45) is 0 Å². The SMILES string of the molecule is CCOC(=O)CSC1=C(C#N)[C@H](c2ccc(O)cc2)CC(=O)N1. The summed E-state index contributed by atoms with van der Waals surface area (Å²) >= 11 is 1.08. The van der Waals surface area contributed by atoms with Gasteiger partial charge in [0, 0.05) is 12.3 Å². The number of phenolic OH excluding ortho intramolecular Hbond substituents is 1. The van der Waals surface area contributed by atoms with Gasteiger partial charge in [-0.1, -0.05) is 23.9 Å². The van der Waals surface area contributed by atoms with E-state index in [-0.39, 0.29) is 36.4 Å². The van der Waals surface area contributed by atoms with Gasteiger partial charge in [0.1, 0.15) is 5.75 Å². The molecule has 0 aliphatic carbocycles. The number of thioether (sulfide) groups is 1. The van der Waals surface area contributed by atoms with Crippen LogP contribution in [0.1, 0.15) is 24.8 Å². The highest BCUT2D eigenvalue weighted by atomic mass is 32.2. The normalized spacial score (nSPS) is 17.4. The molecule has 2 rings (SSSR count). The van der Waals surface area contributed by atoms with Crippen LogP contribution in [0.2, 0.25) is 0 Å². The average molecular weight is 332 g/mol. The molecule has 1 amide bonds. The highest BCUT2D eigenvalue weighted by Gasteiger charge is 2.29. The summed E-state index contributed by atoms with van der Waals surface area (Å²) in [6, 6.07) is 8.52. The maximum Gasteiger partial charge on any atom is 0.316 e. The monoisotopic (exact) mass is 332 g/mol. The predicted octanol–water partition coefficient (Wildman–Crippen LogP) is 2.03. The molecule has 7 heteroatoms. The average Bonchev–Trinajstić information content (AvgIpc) is 2.53. The Morgan fingerprint density at radius 2 is 2.17 bits per heavy atom. The lowest BCUT2D eigenvalue weighted by atomic mass is 9.87. The Balaban J connectivity index is 2.26. The minimum Gasteiger partial charge on any atom is -0.508 e. The third-order valence-electron chi connectivity index (χ3n) is 3.29. The zero-order valence-electron chi connectivity index (χ0n) is 12.5. The Morgan fingerprint density at radius 3 is 2.78 bits per heavy atom. The highest BCUT2D eigenvalue weighted by molar-refractivity contribution is 8.03. The number of amides is 1. The maximum absolute atomic E-state index is 11.9. The summed E-state index contributed by atoms with van der Waals surface area (Å²) in [7, 11) is 0. The Kier molecular flexibility index (Phi) is 5.66. The van der Waals surface area contributed by atoms with Crippen LogP contribution in [0.4, 0.5) is 0 Å². The van der Waals surface area contributed by atoms with E-state index in [2.05, 4.69) is 11.4 Å². The van der Waals surface area contributed by atoms with Gasteiger partial charge in [0.2, 0.25) is 5.91 Å². The number of nitrogens with one attached hydrogen (secondary N) is 1. The Morgan fingerprint density at radius 1 is 1.48 bits per heavy atom. The topological polar surface area (TPSA) is 99.4 Å². The Hall–Kier alpha value is -2.46. The van der Waals surface area contributed by atoms with Crippen molar-refractivity contribution in [3.8, 4) is 11.8 Å². The number of allylic oxidation sites excluding steroid dienone is 1. The van der Waals surface area contributed by atoms with Gasteiger partial charge in [-0.25, -0.2) is 0 Å². The van der Waals surface area contributed by atoms with Crippen LogP contribution in [0.3, 0.4) is 0 Å². The number of ether oxygens (including phenoxy) is 1. The number of hydrogen-bond acceptors (Lipinski definition) is 6. The van der Waals surface area contributed by atoms with E-state index in [1.165, 1.54) is 12.1 Å². The molecule has 1 atom stereocenters. The van der Waals surface area contributed by atoms with Crippen LogP contribution in [0, 0.1) is 11.3 Å². The van der Waals surface area contributed by atoms with Gasteiger partial charge in [0.05, 0.1) is 29.0 Å². The van der Waals surface area contributed by atoms with Crippen molar-refractivity contribution in [1.29, 1.82) is 5.26 Å². The Labute approximate surface area is 138 Å². The number of benzene rings is 1. The molecule has 1 aliphatic heterocycles. The Bertz CT molecular complexity index is 676. The highest BCUT2D eigenvalue weighted by Crippen LogP contribution is 2.36. The number of rotatable bonds is 5. The van der Waals surface area contributed by atoms with Crippen molar-refractivity contribution in [1.82, 2.24) is 5.32 Å². The molecular formula is C16H16N2O4S. The van der Waals surface area contributed by atoms with E-state index in [0.29, 0.717) is 10.6 Å². The third-order valence-corrected chi connectivity index (χ3v) is 4.28. The maximum atomic E-state index is 11.9. The predicted molar refractivity (Wildman–Crippen MR) is 85.3 cm³/mol. The molecule has 2 N–H and O–H groups in total. The number of carbonyl (C=O) groups is 2. The first-order valence-corrected chi connectivity index (χ1v) is 8.05. The molecule has 120 valence electrons. The molecule has 1 aliphatic rings. The van der Waals surface area contributed by atoms with Crippen LogP contribution in [0.25, 0.3) is 0 Å². The quantitative estimate of drug-likeness (QED) is 0.800. The van der Waals surface area contributed by atoms with Gasteiger partial charge in [-0.3, -0.25) is 9.59 Å². The van der Waals surface area contributed by atoms with Crippen molar-refractivity contribution in [2.75, 3.05) is 12.4 Å². The van der Waals surface area contributed by atoms with Crippen LogP contribution in [0.15, 0.2) is 34.9 Å². The molecule has 0 bridgehead atoms. The fourth-order valence-corrected chi connectivity index (χ4v) is 3.13. The molecule has 1 heterocycles. The molecule has 6 nitrogen and oxygen atoms in total. The molecule has 0 unspecified atom stereocenters. The smallest absolute Gasteiger partial charge is 0.316 e. The summed E-state index contributed by atoms with van der Waals surface area (Å²) in [5.74, 6) is -0.860. The zero-order chi connectivity index (χ0) is 16.8. The van der Waals surface area contributed by atoms with Crippen molar-refractivity contribution in [3.05, 3.63) is 40.4 Å². The molecule has 1 aromatic rings. The van der Waals surface area contributed by atoms with E-state index < -0.39 is 5.97 Å². The summed E-state index contributed by atoms with van der Waals surface area (Å²) < 4.78 is 4.85. The van der Waals surface area contributed by atoms with E-state index in [1.807, 2.05) is 0 Å². The first-order valence-electron chi connectivity index (χ1n) is 7.06. The second kappa shape index (κ2) is 7.70. The number of nitrogens with zero attached hydrogens (tertiary/aromatic N) is 1. The summed E-state index contributed by atoms with van der Waals surface area (Å²) in [5, 5.41) is 21.9. The van der Waals surface area contributed by atoms with Gasteiger partial charge in [-0.15, -0.1) is 0 Å². The van der Waals surface area contributed by atoms with Gasteiger partial charge < -0.3 is 15.2 Å². The summed E-state index contributed by atoms with van der Waals surface area (Å²) in [5.41, 5.74) is 1.17. The number of esters is 1. The summed E-state index contributed by atoms with van der Waals surface area (Å²) in [6.45, 7) is 2.00. The molecule has 0 aromatic heterocycles. The summed E-state index contributed by atoms with van der Waals surface area (Å²) in [6.07, 6.45) is 0.150. The van der Waals surface area contributed by atoms with Gasteiger partial charge in [0.25, 0.3) is 0 Å². The lowest BCUT2D eigenvalue weighted by Crippen LogP contribution is -2.31. The number of carbonyl (C=O) groups excluding carboxylic acids is 2. The third kappa shape index (κ3) is 4.27. The van der Waals surface area contributed by atoms with E-state index in [9.17, 15) is 20.0 Å². The first-order chi connectivity index (χ1) is 11.0. The second-order valence-electron chi connectivity index (χ2n) is 4.84. The molecular weight excluding hydrogens is 316 g/mol. The summed E-state index contributed by atoms with van der Waals surface area (Å²) in [4.78, 5) is 23.4. The molecule has 0 fully saturated rings. The largest absolute Gasteiger partial charge is 0.508 e. The molecule has 23 heavy (non-hydrogen) atoms. The number of aromatic hydroxyl groups is 1. The number of nitriles is 1. The minimum absolute atomic E-state index is 0.0247. The van der Waals surface area contributed by atoms with Crippen molar-refractivity contribution >= 4 is 23.6 Å². The van der Waals surface area contributed by atoms with Crippen LogP contribution in [-0.4, -0.2) is 29.3 Å². The van der Waals surface area contributed by atoms with E-state index in [0.717, 1.165) is 17.3 Å². The van der Waals surface area contributed by atoms with Gasteiger partial charge in [-0.2, -0.15) is 5.26 Å². The lowest BCUT2D eigenvalue weighted by molar-refractivity contribution is -0.139. The van der Waals surface area contributed by atoms with Crippen LogP contribution in [-0.2, 0) is 14.3 Å². The van der Waals surface area contributed by atoms with Gasteiger partial charge >= 0.3 is 5.97 Å². The molecule has 0 radical (unpaired) electrons. The second-order valence-corrected chi connectivity index (χ2v) is 5.83. The van der Waals surface area contributed by atoms with E-state index in [4.69, 9.17) is 4.74 Å². The van der Waals surface area contributed by atoms with Crippen molar-refractivity contribution < 1.29 is 19.4 Å². The van der Waals surface area contributed by atoms with Crippen LogP contribution < -0.4 is 5.32 Å². The standard InChI is InChI=1S/C16H16N2O4S/c1-2-22-15(21)9-23-16-13(8-17)12(7-14(20)18-16)10-3-5-11(19)6-4-10/h3-6,12,19H,2,7,9H2,1H3,(H,18,20)/t12-/m0/s1. The molecule has 0 saturated carbocycles.